The predicted molar refractivity (Wildman–Crippen MR) is 83.4 cm³/mol. The van der Waals surface area contributed by atoms with Crippen LogP contribution in [0.4, 0.5) is 13.9 Å². The zero-order chi connectivity index (χ0) is 17.7. The second kappa shape index (κ2) is 7.68. The molecule has 2 rings (SSSR count). The van der Waals surface area contributed by atoms with Gasteiger partial charge in [-0.1, -0.05) is 0 Å². The third-order valence-corrected chi connectivity index (χ3v) is 3.54. The largest absolute Gasteiger partial charge is 0.504 e. The molecule has 7 nitrogen and oxygen atoms in total. The van der Waals surface area contributed by atoms with E-state index in [1.807, 2.05) is 0 Å². The van der Waals surface area contributed by atoms with Crippen LogP contribution in [0.5, 0.6) is 11.5 Å². The van der Waals surface area contributed by atoms with Gasteiger partial charge in [-0.2, -0.15) is 9.49 Å². The van der Waals surface area contributed by atoms with E-state index in [4.69, 9.17) is 9.84 Å². The fraction of sp³-hybridized carbons (Fsp3) is 0.214. The number of aromatic nitrogens is 1. The van der Waals surface area contributed by atoms with E-state index in [1.165, 1.54) is 0 Å². The Morgan fingerprint density at radius 2 is 2.21 bits per heavy atom. The van der Waals surface area contributed by atoms with E-state index in [1.54, 1.807) is 12.3 Å². The summed E-state index contributed by atoms with van der Waals surface area (Å²) in [5.74, 6) is -5.29. The highest BCUT2D eigenvalue weighted by Gasteiger charge is 2.16. The summed E-state index contributed by atoms with van der Waals surface area (Å²) in [7, 11) is 0. The van der Waals surface area contributed by atoms with Gasteiger partial charge in [0.05, 0.1) is 24.9 Å². The Bertz CT molecular complexity index is 780. The summed E-state index contributed by atoms with van der Waals surface area (Å²) in [6.07, 6.45) is 0.984. The van der Waals surface area contributed by atoms with E-state index in [2.05, 4.69) is 15.5 Å². The Kier molecular flexibility index (Phi) is 5.64. The summed E-state index contributed by atoms with van der Waals surface area (Å²) in [5, 5.41) is 24.1. The van der Waals surface area contributed by atoms with Gasteiger partial charge in [0.25, 0.3) is 0 Å². The van der Waals surface area contributed by atoms with Crippen molar-refractivity contribution in [2.45, 2.75) is 13.3 Å². The first-order valence-corrected chi connectivity index (χ1v) is 7.59. The van der Waals surface area contributed by atoms with Crippen LogP contribution in [-0.2, 0) is 16.0 Å². The van der Waals surface area contributed by atoms with Crippen molar-refractivity contribution in [2.75, 3.05) is 12.0 Å². The number of anilines is 1. The Morgan fingerprint density at radius 1 is 1.46 bits per heavy atom. The van der Waals surface area contributed by atoms with Gasteiger partial charge in [-0.25, -0.2) is 9.37 Å². The minimum atomic E-state index is -1.47. The number of ether oxygens (including phenoxy) is 1. The average Bonchev–Trinajstić information content (AvgIpc) is 2.97. The number of phenolic OH excluding ortho intramolecular Hbond substituents is 2. The number of thiazole rings is 1. The summed E-state index contributed by atoms with van der Waals surface area (Å²) in [6.45, 7) is 1.98. The maximum absolute atomic E-state index is 13.3. The van der Waals surface area contributed by atoms with E-state index in [0.717, 1.165) is 23.6 Å². The number of carbonyl (C=O) groups is 1. The van der Waals surface area contributed by atoms with E-state index in [-0.39, 0.29) is 18.6 Å². The second-order valence-corrected chi connectivity index (χ2v) is 5.31. The molecule has 0 saturated carbocycles. The Balaban J connectivity index is 2.03. The normalized spacial score (nSPS) is 11.0. The van der Waals surface area contributed by atoms with Gasteiger partial charge in [-0.3, -0.25) is 10.2 Å². The number of aromatic hydroxyl groups is 2. The van der Waals surface area contributed by atoms with Gasteiger partial charge in [0.1, 0.15) is 0 Å². The molecule has 0 unspecified atom stereocenters. The average molecular weight is 357 g/mol. The minimum Gasteiger partial charge on any atom is -0.504 e. The smallest absolute Gasteiger partial charge is 0.311 e. The van der Waals surface area contributed by atoms with Gasteiger partial charge < -0.3 is 14.9 Å². The number of hydrogen-bond acceptors (Lipinski definition) is 8. The molecule has 0 aliphatic rings. The highest BCUT2D eigenvalue weighted by Crippen LogP contribution is 2.30. The molecule has 1 aromatic heterocycles. The topological polar surface area (TPSA) is 104 Å². The third-order valence-electron chi connectivity index (χ3n) is 2.74. The molecule has 1 heterocycles. The van der Waals surface area contributed by atoms with Crippen molar-refractivity contribution >= 4 is 28.7 Å². The maximum atomic E-state index is 13.3. The lowest BCUT2D eigenvalue weighted by Gasteiger charge is -2.03. The van der Waals surface area contributed by atoms with Gasteiger partial charge in [0.15, 0.2) is 17.3 Å². The molecular formula is C14H13F2N3O4S. The first kappa shape index (κ1) is 17.6. The number of esters is 1. The molecule has 0 amide bonds. The van der Waals surface area contributed by atoms with Crippen LogP contribution in [0.25, 0.3) is 0 Å². The molecule has 0 fully saturated rings. The Hall–Kier alpha value is -2.75. The van der Waals surface area contributed by atoms with Gasteiger partial charge in [0.2, 0.25) is 10.9 Å². The van der Waals surface area contributed by atoms with Gasteiger partial charge >= 0.3 is 5.97 Å². The van der Waals surface area contributed by atoms with Crippen molar-refractivity contribution in [3.63, 3.8) is 0 Å². The molecule has 3 N–H and O–H groups in total. The minimum absolute atomic E-state index is 0.0188. The van der Waals surface area contributed by atoms with Crippen LogP contribution >= 0.6 is 11.3 Å². The molecule has 0 saturated heterocycles. The van der Waals surface area contributed by atoms with Gasteiger partial charge in [-0.05, 0) is 13.0 Å². The second-order valence-electron chi connectivity index (χ2n) is 4.45. The van der Waals surface area contributed by atoms with Crippen molar-refractivity contribution in [1.29, 1.82) is 0 Å². The number of phenols is 2. The van der Waals surface area contributed by atoms with Crippen molar-refractivity contribution in [1.82, 2.24) is 4.98 Å². The van der Waals surface area contributed by atoms with E-state index < -0.39 is 29.1 Å². The molecule has 0 aliphatic carbocycles. The highest BCUT2D eigenvalue weighted by atomic mass is 32.1. The summed E-state index contributed by atoms with van der Waals surface area (Å²) < 4.78 is 31.3. The first-order chi connectivity index (χ1) is 11.4. The zero-order valence-corrected chi connectivity index (χ0v) is 13.2. The molecule has 0 radical (unpaired) electrons. The third kappa shape index (κ3) is 4.16. The standard InChI is InChI=1S/C14H13F2N3O4S/c1-2-23-10(20)4-8-6-24-14(18-8)19-17-5-7-3-9(15)13(22)11(16)12(7)21/h3,5-6,21-22H,2,4H2,1H3,(H,18,19). The predicted octanol–water partition coefficient (Wildman–Crippen LogP) is 2.38. The SMILES string of the molecule is CCOC(=O)Cc1csc(NN=Cc2cc(F)c(O)c(F)c2O)n1. The molecule has 0 aliphatic heterocycles. The van der Waals surface area contributed by atoms with E-state index in [0.29, 0.717) is 10.8 Å². The fourth-order valence-electron chi connectivity index (χ4n) is 1.67. The monoisotopic (exact) mass is 357 g/mol. The summed E-state index contributed by atoms with van der Waals surface area (Å²) in [4.78, 5) is 15.4. The van der Waals surface area contributed by atoms with Crippen LogP contribution in [0.3, 0.4) is 0 Å². The lowest BCUT2D eigenvalue weighted by molar-refractivity contribution is -0.142. The number of halogens is 2. The quantitative estimate of drug-likeness (QED) is 0.417. The number of benzene rings is 1. The fourth-order valence-corrected chi connectivity index (χ4v) is 2.33. The molecule has 24 heavy (non-hydrogen) atoms. The molecular weight excluding hydrogens is 344 g/mol. The van der Waals surface area contributed by atoms with Gasteiger partial charge in [0, 0.05) is 10.9 Å². The lowest BCUT2D eigenvalue weighted by Crippen LogP contribution is -2.07. The Labute approximate surface area is 139 Å². The first-order valence-electron chi connectivity index (χ1n) is 6.71. The molecule has 0 atom stereocenters. The summed E-state index contributed by atoms with van der Waals surface area (Å²) >= 11 is 1.16. The van der Waals surface area contributed by atoms with Crippen LogP contribution in [-0.4, -0.2) is 34.0 Å². The van der Waals surface area contributed by atoms with E-state index in [9.17, 15) is 18.7 Å². The van der Waals surface area contributed by atoms with Crippen molar-refractivity contribution in [2.24, 2.45) is 5.10 Å². The van der Waals surface area contributed by atoms with Gasteiger partial charge in [-0.15, -0.1) is 11.3 Å². The molecule has 2 aromatic rings. The molecule has 10 heteroatoms. The molecule has 128 valence electrons. The maximum Gasteiger partial charge on any atom is 0.311 e. The van der Waals surface area contributed by atoms with Crippen LogP contribution < -0.4 is 5.43 Å². The highest BCUT2D eigenvalue weighted by molar-refractivity contribution is 7.13. The number of hydrazone groups is 1. The number of rotatable bonds is 6. The van der Waals surface area contributed by atoms with Crippen molar-refractivity contribution in [3.05, 3.63) is 34.3 Å². The number of nitrogens with one attached hydrogen (secondary N) is 1. The van der Waals surface area contributed by atoms with Crippen molar-refractivity contribution < 1.29 is 28.5 Å². The number of hydrogen-bond donors (Lipinski definition) is 3. The summed E-state index contributed by atoms with van der Waals surface area (Å²) in [6, 6.07) is 0.729. The molecule has 1 aromatic carbocycles. The van der Waals surface area contributed by atoms with Crippen LogP contribution in [0.1, 0.15) is 18.2 Å². The number of nitrogens with zero attached hydrogens (tertiary/aromatic N) is 2. The lowest BCUT2D eigenvalue weighted by atomic mass is 10.2. The molecule has 0 spiro atoms. The van der Waals surface area contributed by atoms with Crippen LogP contribution in [0.2, 0.25) is 0 Å². The van der Waals surface area contributed by atoms with E-state index >= 15 is 0 Å². The van der Waals surface area contributed by atoms with Crippen LogP contribution in [0, 0.1) is 11.6 Å². The summed E-state index contributed by atoms with van der Waals surface area (Å²) in [5.41, 5.74) is 2.73. The van der Waals surface area contributed by atoms with Crippen molar-refractivity contribution in [3.8, 4) is 11.5 Å². The molecule has 0 bridgehead atoms. The van der Waals surface area contributed by atoms with Crippen LogP contribution in [0.15, 0.2) is 16.5 Å². The zero-order valence-electron chi connectivity index (χ0n) is 12.4. The number of carbonyl (C=O) groups excluding carboxylic acids is 1. The Morgan fingerprint density at radius 3 is 2.92 bits per heavy atom.